The minimum absolute atomic E-state index is 0.187. The van der Waals surface area contributed by atoms with Gasteiger partial charge in [0, 0.05) is 35.4 Å². The summed E-state index contributed by atoms with van der Waals surface area (Å²) in [4.78, 5) is 4.28. The van der Waals surface area contributed by atoms with E-state index in [1.165, 1.54) is 12.1 Å². The summed E-state index contributed by atoms with van der Waals surface area (Å²) < 4.78 is 50.0. The van der Waals surface area contributed by atoms with Crippen LogP contribution >= 0.6 is 0 Å². The maximum atomic E-state index is 12.8. The van der Waals surface area contributed by atoms with E-state index in [1.54, 1.807) is 18.7 Å². The summed E-state index contributed by atoms with van der Waals surface area (Å²) in [5.74, 6) is 0.888. The number of nitrogens with one attached hydrogen (secondary N) is 2. The molecule has 0 spiro atoms. The highest BCUT2D eigenvalue weighted by atomic mass is 19.4. The Balaban J connectivity index is 1.36. The van der Waals surface area contributed by atoms with Crippen molar-refractivity contribution in [2.75, 3.05) is 25.4 Å². The van der Waals surface area contributed by atoms with Crippen molar-refractivity contribution in [3.8, 4) is 16.9 Å². The van der Waals surface area contributed by atoms with Gasteiger partial charge < -0.3 is 20.2 Å². The molecular weight excluding hydrogens is 447 g/mol. The molecule has 0 unspecified atom stereocenters. The number of rotatable bonds is 6. The number of alkyl halides is 3. The monoisotopic (exact) mass is 471 g/mol. The number of nitrogen functional groups attached to an aromatic ring is 1. The van der Waals surface area contributed by atoms with E-state index in [-0.39, 0.29) is 12.4 Å². The van der Waals surface area contributed by atoms with Gasteiger partial charge in [0.15, 0.2) is 11.4 Å². The number of aromatic amines is 1. The first-order valence-electron chi connectivity index (χ1n) is 11.1. The largest absolute Gasteiger partial charge is 0.486 e. The smallest absolute Gasteiger partial charge is 0.416 e. The standard InChI is InChI=1S/C24H24F3N5O2/c25-24(26,27)16-3-1-14(2-4-16)7-10-33-22-21-18(11-30-23(22)28)19(13-34-21)17-12-31-32-20(17)15-5-8-29-9-6-15/h1-4,11-13,15,29H,5-10H2,(H2,28,30)(H,31,32). The molecule has 1 aliphatic heterocycles. The summed E-state index contributed by atoms with van der Waals surface area (Å²) in [5.41, 5.74) is 9.48. The van der Waals surface area contributed by atoms with Gasteiger partial charge >= 0.3 is 6.18 Å². The van der Waals surface area contributed by atoms with Crippen molar-refractivity contribution < 1.29 is 22.3 Å². The lowest BCUT2D eigenvalue weighted by Gasteiger charge is -2.22. The van der Waals surface area contributed by atoms with Crippen molar-refractivity contribution in [1.82, 2.24) is 20.5 Å². The van der Waals surface area contributed by atoms with Crippen LogP contribution in [0.5, 0.6) is 5.75 Å². The van der Waals surface area contributed by atoms with Gasteiger partial charge in [0.1, 0.15) is 6.26 Å². The lowest BCUT2D eigenvalue weighted by Crippen LogP contribution is -2.27. The van der Waals surface area contributed by atoms with E-state index in [2.05, 4.69) is 20.5 Å². The number of ether oxygens (including phenoxy) is 1. The van der Waals surface area contributed by atoms with Crippen LogP contribution in [0.2, 0.25) is 0 Å². The molecule has 1 aliphatic rings. The number of anilines is 1. The Labute approximate surface area is 193 Å². The third-order valence-corrected chi connectivity index (χ3v) is 6.23. The van der Waals surface area contributed by atoms with E-state index >= 15 is 0 Å². The second-order valence-electron chi connectivity index (χ2n) is 8.38. The van der Waals surface area contributed by atoms with E-state index in [1.807, 2.05) is 0 Å². The number of piperidine rings is 1. The number of benzene rings is 1. The topological polar surface area (TPSA) is 102 Å². The third kappa shape index (κ3) is 4.33. The minimum atomic E-state index is -4.36. The van der Waals surface area contributed by atoms with Crippen molar-refractivity contribution in [2.45, 2.75) is 31.4 Å². The number of pyridine rings is 1. The molecule has 1 aromatic carbocycles. The van der Waals surface area contributed by atoms with Crippen LogP contribution in [0.25, 0.3) is 22.1 Å². The average Bonchev–Trinajstić information content (AvgIpc) is 3.48. The fourth-order valence-corrected chi connectivity index (χ4v) is 4.39. The molecule has 4 N–H and O–H groups in total. The van der Waals surface area contributed by atoms with Crippen molar-refractivity contribution >= 4 is 16.8 Å². The van der Waals surface area contributed by atoms with Gasteiger partial charge in [0.25, 0.3) is 0 Å². The number of furan rings is 1. The maximum Gasteiger partial charge on any atom is 0.416 e. The molecule has 0 amide bonds. The van der Waals surface area contributed by atoms with Crippen molar-refractivity contribution in [3.05, 3.63) is 59.7 Å². The van der Waals surface area contributed by atoms with E-state index in [0.717, 1.165) is 65.8 Å². The average molecular weight is 471 g/mol. The van der Waals surface area contributed by atoms with Crippen LogP contribution in [0.4, 0.5) is 19.0 Å². The summed E-state index contributed by atoms with van der Waals surface area (Å²) in [7, 11) is 0. The van der Waals surface area contributed by atoms with Crippen LogP contribution < -0.4 is 15.8 Å². The number of aromatic nitrogens is 3. The van der Waals surface area contributed by atoms with Gasteiger partial charge in [0.2, 0.25) is 5.75 Å². The molecule has 0 saturated carbocycles. The number of H-pyrrole nitrogens is 1. The molecule has 0 atom stereocenters. The first-order valence-corrected chi connectivity index (χ1v) is 11.1. The molecule has 7 nitrogen and oxygen atoms in total. The molecule has 3 aromatic heterocycles. The Morgan fingerprint density at radius 2 is 1.85 bits per heavy atom. The van der Waals surface area contributed by atoms with Crippen LogP contribution in [-0.4, -0.2) is 34.9 Å². The van der Waals surface area contributed by atoms with Crippen LogP contribution in [0.15, 0.2) is 47.3 Å². The first kappa shape index (κ1) is 22.3. The van der Waals surface area contributed by atoms with Gasteiger partial charge in [-0.3, -0.25) is 5.10 Å². The molecule has 0 aliphatic carbocycles. The van der Waals surface area contributed by atoms with Crippen LogP contribution in [0.3, 0.4) is 0 Å². The molecule has 10 heteroatoms. The zero-order chi connectivity index (χ0) is 23.7. The fourth-order valence-electron chi connectivity index (χ4n) is 4.39. The summed E-state index contributed by atoms with van der Waals surface area (Å²) in [6.45, 7) is 2.13. The summed E-state index contributed by atoms with van der Waals surface area (Å²) in [6.07, 6.45) is 3.20. The predicted octanol–water partition coefficient (Wildman–Crippen LogP) is 4.91. The number of halogens is 3. The molecule has 4 heterocycles. The highest BCUT2D eigenvalue weighted by Crippen LogP contribution is 2.40. The maximum absolute atomic E-state index is 12.8. The van der Waals surface area contributed by atoms with E-state index in [4.69, 9.17) is 14.9 Å². The first-order chi connectivity index (χ1) is 16.4. The molecule has 178 valence electrons. The lowest BCUT2D eigenvalue weighted by atomic mass is 9.90. The lowest BCUT2D eigenvalue weighted by molar-refractivity contribution is -0.137. The molecular formula is C24H24F3N5O2. The second kappa shape index (κ2) is 9.02. The van der Waals surface area contributed by atoms with Crippen LogP contribution in [0, 0.1) is 0 Å². The number of nitrogens with two attached hydrogens (primary N) is 1. The van der Waals surface area contributed by atoms with Crippen LogP contribution in [-0.2, 0) is 12.6 Å². The molecule has 0 bridgehead atoms. The summed E-state index contributed by atoms with van der Waals surface area (Å²) >= 11 is 0. The van der Waals surface area contributed by atoms with E-state index in [0.29, 0.717) is 23.7 Å². The molecule has 4 aromatic rings. The molecule has 1 saturated heterocycles. The third-order valence-electron chi connectivity index (χ3n) is 6.23. The molecule has 1 fully saturated rings. The van der Waals surface area contributed by atoms with Gasteiger partial charge in [-0.1, -0.05) is 12.1 Å². The zero-order valence-corrected chi connectivity index (χ0v) is 18.3. The zero-order valence-electron chi connectivity index (χ0n) is 18.3. The van der Waals surface area contributed by atoms with Crippen molar-refractivity contribution in [3.63, 3.8) is 0 Å². The minimum Gasteiger partial charge on any atom is -0.486 e. The predicted molar refractivity (Wildman–Crippen MR) is 121 cm³/mol. The Hall–Kier alpha value is -3.53. The van der Waals surface area contributed by atoms with Crippen molar-refractivity contribution in [2.24, 2.45) is 0 Å². The van der Waals surface area contributed by atoms with Gasteiger partial charge in [0.05, 0.1) is 23.8 Å². The Morgan fingerprint density at radius 3 is 2.59 bits per heavy atom. The summed E-state index contributed by atoms with van der Waals surface area (Å²) in [5, 5.41) is 11.6. The number of fused-ring (bicyclic) bond motifs is 1. The highest BCUT2D eigenvalue weighted by Gasteiger charge is 2.30. The van der Waals surface area contributed by atoms with Gasteiger partial charge in [-0.15, -0.1) is 0 Å². The normalized spacial score (nSPS) is 15.1. The number of nitrogens with zero attached hydrogens (tertiary/aromatic N) is 2. The Morgan fingerprint density at radius 1 is 1.09 bits per heavy atom. The Kier molecular flexibility index (Phi) is 5.91. The highest BCUT2D eigenvalue weighted by molar-refractivity contribution is 5.98. The van der Waals surface area contributed by atoms with Crippen LogP contribution in [0.1, 0.15) is 35.6 Å². The fraction of sp³-hybridized carbons (Fsp3) is 0.333. The molecule has 0 radical (unpaired) electrons. The Bertz CT molecular complexity index is 1270. The molecule has 34 heavy (non-hydrogen) atoms. The quantitative estimate of drug-likeness (QED) is 0.369. The van der Waals surface area contributed by atoms with Gasteiger partial charge in [-0.2, -0.15) is 18.3 Å². The molecule has 5 rings (SSSR count). The van der Waals surface area contributed by atoms with Gasteiger partial charge in [-0.05, 0) is 43.6 Å². The summed E-state index contributed by atoms with van der Waals surface area (Å²) in [6, 6.07) is 5.02. The van der Waals surface area contributed by atoms with Gasteiger partial charge in [-0.25, -0.2) is 4.98 Å². The number of hydrogen-bond acceptors (Lipinski definition) is 6. The van der Waals surface area contributed by atoms with Crippen molar-refractivity contribution in [1.29, 1.82) is 0 Å². The number of hydrogen-bond donors (Lipinski definition) is 3. The SMILES string of the molecule is Nc1ncc2c(-c3cn[nH]c3C3CCNCC3)coc2c1OCCc1ccc(C(F)(F)F)cc1. The van der Waals surface area contributed by atoms with E-state index < -0.39 is 11.7 Å². The second-order valence-corrected chi connectivity index (χ2v) is 8.38. The van der Waals surface area contributed by atoms with E-state index in [9.17, 15) is 13.2 Å².